The third-order valence-corrected chi connectivity index (χ3v) is 2.95. The molecule has 0 aromatic rings. The second kappa shape index (κ2) is 4.51. The number of aliphatic carboxylic acids is 1. The minimum absolute atomic E-state index is 0.154. The Labute approximate surface area is 94.6 Å². The van der Waals surface area contributed by atoms with Crippen LogP contribution in [0.2, 0.25) is 0 Å². The SMILES string of the molecule is C=CCOC(=O)C=CC1C(C(=O)[O-])C1(C)C. The lowest BCUT2D eigenvalue weighted by molar-refractivity contribution is -0.309. The predicted octanol–water partition coefficient (Wildman–Crippen LogP) is 0.294. The van der Waals surface area contributed by atoms with Crippen molar-refractivity contribution in [2.45, 2.75) is 13.8 Å². The Balaban J connectivity index is 2.50. The van der Waals surface area contributed by atoms with E-state index in [4.69, 9.17) is 4.74 Å². The molecule has 2 atom stereocenters. The predicted molar refractivity (Wildman–Crippen MR) is 56.1 cm³/mol. The first-order chi connectivity index (χ1) is 7.41. The van der Waals surface area contributed by atoms with Crippen molar-refractivity contribution in [2.75, 3.05) is 6.61 Å². The van der Waals surface area contributed by atoms with E-state index in [1.54, 1.807) is 6.08 Å². The monoisotopic (exact) mass is 223 g/mol. The fourth-order valence-corrected chi connectivity index (χ4v) is 1.86. The van der Waals surface area contributed by atoms with Crippen LogP contribution in [0.25, 0.3) is 0 Å². The molecular formula is C12H15O4-. The summed E-state index contributed by atoms with van der Waals surface area (Å²) in [4.78, 5) is 21.8. The van der Waals surface area contributed by atoms with Crippen LogP contribution < -0.4 is 5.11 Å². The zero-order valence-electron chi connectivity index (χ0n) is 9.43. The van der Waals surface area contributed by atoms with Gasteiger partial charge in [-0.25, -0.2) is 4.79 Å². The number of ether oxygens (including phenoxy) is 1. The maximum atomic E-state index is 11.1. The summed E-state index contributed by atoms with van der Waals surface area (Å²) in [5, 5.41) is 10.7. The highest BCUT2D eigenvalue weighted by atomic mass is 16.5. The number of hydrogen-bond donors (Lipinski definition) is 0. The summed E-state index contributed by atoms with van der Waals surface area (Å²) in [5.41, 5.74) is -0.339. The number of allylic oxidation sites excluding steroid dienone is 1. The number of carbonyl (C=O) groups excluding carboxylic acids is 2. The fraction of sp³-hybridized carbons (Fsp3) is 0.500. The molecule has 0 bridgehead atoms. The second-order valence-electron chi connectivity index (χ2n) is 4.42. The van der Waals surface area contributed by atoms with Gasteiger partial charge in [-0.15, -0.1) is 0 Å². The van der Waals surface area contributed by atoms with E-state index < -0.39 is 17.9 Å². The minimum atomic E-state index is -1.07. The van der Waals surface area contributed by atoms with Crippen LogP contribution in [0, 0.1) is 17.3 Å². The van der Waals surface area contributed by atoms with Crippen LogP contribution in [0.3, 0.4) is 0 Å². The molecule has 0 aromatic heterocycles. The molecule has 1 rings (SSSR count). The summed E-state index contributed by atoms with van der Waals surface area (Å²) in [6, 6.07) is 0. The summed E-state index contributed by atoms with van der Waals surface area (Å²) in [7, 11) is 0. The average molecular weight is 223 g/mol. The van der Waals surface area contributed by atoms with Crippen LogP contribution in [-0.2, 0) is 14.3 Å². The van der Waals surface area contributed by atoms with Crippen LogP contribution in [0.1, 0.15) is 13.8 Å². The average Bonchev–Trinajstić information content (AvgIpc) is 2.74. The molecule has 4 nitrogen and oxygen atoms in total. The zero-order chi connectivity index (χ0) is 12.3. The van der Waals surface area contributed by atoms with E-state index in [1.807, 2.05) is 13.8 Å². The highest BCUT2D eigenvalue weighted by Crippen LogP contribution is 2.58. The molecular weight excluding hydrogens is 208 g/mol. The van der Waals surface area contributed by atoms with Gasteiger partial charge in [-0.05, 0) is 11.3 Å². The summed E-state index contributed by atoms with van der Waals surface area (Å²) < 4.78 is 4.73. The third kappa shape index (κ3) is 2.51. The molecule has 0 aromatic carbocycles. The van der Waals surface area contributed by atoms with Gasteiger partial charge in [-0.1, -0.05) is 32.6 Å². The first kappa shape index (κ1) is 12.5. The summed E-state index contributed by atoms with van der Waals surface area (Å²) >= 11 is 0. The maximum absolute atomic E-state index is 11.1. The van der Waals surface area contributed by atoms with Crippen LogP contribution in [0.4, 0.5) is 0 Å². The zero-order valence-corrected chi connectivity index (χ0v) is 9.43. The lowest BCUT2D eigenvalue weighted by Crippen LogP contribution is -2.26. The van der Waals surface area contributed by atoms with Crippen molar-refractivity contribution in [3.63, 3.8) is 0 Å². The van der Waals surface area contributed by atoms with Crippen molar-refractivity contribution in [1.29, 1.82) is 0 Å². The molecule has 4 heteroatoms. The summed E-state index contributed by atoms with van der Waals surface area (Å²) in [6.07, 6.45) is 4.31. The van der Waals surface area contributed by atoms with Gasteiger partial charge in [-0.2, -0.15) is 0 Å². The molecule has 2 unspecified atom stereocenters. The normalized spacial score (nSPS) is 26.4. The largest absolute Gasteiger partial charge is 0.550 e. The smallest absolute Gasteiger partial charge is 0.330 e. The number of carbonyl (C=O) groups is 2. The molecule has 16 heavy (non-hydrogen) atoms. The second-order valence-corrected chi connectivity index (χ2v) is 4.42. The molecule has 0 amide bonds. The highest BCUT2D eigenvalue weighted by molar-refractivity contribution is 5.82. The molecule has 1 fully saturated rings. The topological polar surface area (TPSA) is 66.4 Å². The van der Waals surface area contributed by atoms with Gasteiger partial charge in [0.05, 0.1) is 0 Å². The molecule has 0 N–H and O–H groups in total. The fourth-order valence-electron chi connectivity index (χ4n) is 1.86. The standard InChI is InChI=1S/C12H16O4/c1-4-7-16-9(13)6-5-8-10(11(14)15)12(8,2)3/h4-6,8,10H,1,7H2,2-3H3,(H,14,15)/p-1. The molecule has 88 valence electrons. The van der Waals surface area contributed by atoms with Gasteiger partial charge in [0.2, 0.25) is 0 Å². The number of hydrogen-bond acceptors (Lipinski definition) is 4. The number of esters is 1. The Morgan fingerprint density at radius 1 is 1.50 bits per heavy atom. The van der Waals surface area contributed by atoms with Crippen molar-refractivity contribution in [3.05, 3.63) is 24.8 Å². The number of rotatable bonds is 5. The van der Waals surface area contributed by atoms with E-state index in [2.05, 4.69) is 6.58 Å². The quantitative estimate of drug-likeness (QED) is 0.382. The number of carboxylic acids is 1. The van der Waals surface area contributed by atoms with Crippen molar-refractivity contribution in [2.24, 2.45) is 17.3 Å². The maximum Gasteiger partial charge on any atom is 0.330 e. The molecule has 1 aliphatic rings. The molecule has 0 radical (unpaired) electrons. The van der Waals surface area contributed by atoms with E-state index in [0.29, 0.717) is 0 Å². The minimum Gasteiger partial charge on any atom is -0.550 e. The molecule has 1 aliphatic carbocycles. The third-order valence-electron chi connectivity index (χ3n) is 2.95. The Kier molecular flexibility index (Phi) is 3.52. The highest BCUT2D eigenvalue weighted by Gasteiger charge is 2.56. The van der Waals surface area contributed by atoms with Crippen molar-refractivity contribution >= 4 is 11.9 Å². The molecule has 1 saturated carbocycles. The summed E-state index contributed by atoms with van der Waals surface area (Å²) in [6.45, 7) is 7.23. The van der Waals surface area contributed by atoms with Gasteiger partial charge >= 0.3 is 5.97 Å². The first-order valence-electron chi connectivity index (χ1n) is 5.08. The van der Waals surface area contributed by atoms with Crippen LogP contribution in [0.5, 0.6) is 0 Å². The lowest BCUT2D eigenvalue weighted by atomic mass is 10.1. The van der Waals surface area contributed by atoms with Crippen LogP contribution in [-0.4, -0.2) is 18.5 Å². The van der Waals surface area contributed by atoms with Crippen molar-refractivity contribution in [1.82, 2.24) is 0 Å². The van der Waals surface area contributed by atoms with Gasteiger partial charge in [0, 0.05) is 18.0 Å². The van der Waals surface area contributed by atoms with E-state index in [-0.39, 0.29) is 17.9 Å². The van der Waals surface area contributed by atoms with Crippen molar-refractivity contribution < 1.29 is 19.4 Å². The number of carboxylic acid groups (broad SMARTS) is 1. The van der Waals surface area contributed by atoms with E-state index in [9.17, 15) is 14.7 Å². The van der Waals surface area contributed by atoms with Crippen molar-refractivity contribution in [3.8, 4) is 0 Å². The Morgan fingerprint density at radius 2 is 2.12 bits per heavy atom. The molecule has 0 aliphatic heterocycles. The van der Waals surface area contributed by atoms with Gasteiger partial charge in [0.15, 0.2) is 0 Å². The van der Waals surface area contributed by atoms with Gasteiger partial charge < -0.3 is 14.6 Å². The lowest BCUT2D eigenvalue weighted by Gasteiger charge is -2.01. The molecule has 0 saturated heterocycles. The van der Waals surface area contributed by atoms with E-state index in [0.717, 1.165) is 0 Å². The molecule has 0 heterocycles. The van der Waals surface area contributed by atoms with Crippen LogP contribution >= 0.6 is 0 Å². The van der Waals surface area contributed by atoms with E-state index >= 15 is 0 Å². The first-order valence-corrected chi connectivity index (χ1v) is 5.08. The Hall–Kier alpha value is -1.58. The van der Waals surface area contributed by atoms with E-state index in [1.165, 1.54) is 12.2 Å². The van der Waals surface area contributed by atoms with Gasteiger partial charge in [0.25, 0.3) is 0 Å². The Morgan fingerprint density at radius 3 is 2.56 bits per heavy atom. The Bertz CT molecular complexity index is 341. The summed E-state index contributed by atoms with van der Waals surface area (Å²) in [5.74, 6) is -2.23. The van der Waals surface area contributed by atoms with Crippen LogP contribution in [0.15, 0.2) is 24.8 Å². The molecule has 0 spiro atoms. The van der Waals surface area contributed by atoms with Gasteiger partial charge in [-0.3, -0.25) is 0 Å². The van der Waals surface area contributed by atoms with Gasteiger partial charge in [0.1, 0.15) is 6.61 Å².